The number of ether oxygens (including phenoxy) is 3. The van der Waals surface area contributed by atoms with E-state index < -0.39 is 6.10 Å². The highest BCUT2D eigenvalue weighted by atomic mass is 16.5. The topological polar surface area (TPSA) is 80.3 Å². The Labute approximate surface area is 188 Å². The number of carbonyl (C=O) groups excluding carboxylic acids is 2. The largest absolute Gasteiger partial charge is 0.484 e. The van der Waals surface area contributed by atoms with E-state index in [0.717, 1.165) is 44.1 Å². The fourth-order valence-corrected chi connectivity index (χ4v) is 3.77. The van der Waals surface area contributed by atoms with E-state index >= 15 is 0 Å². The van der Waals surface area contributed by atoms with Crippen LogP contribution in [-0.2, 0) is 14.3 Å². The zero-order valence-electron chi connectivity index (χ0n) is 18.5. The number of rotatable bonds is 7. The van der Waals surface area contributed by atoms with E-state index in [0.29, 0.717) is 23.7 Å². The molecule has 1 N–H and O–H groups in total. The molecule has 0 aromatic heterocycles. The molecule has 1 atom stereocenters. The van der Waals surface area contributed by atoms with Gasteiger partial charge in [0, 0.05) is 37.9 Å². The highest BCUT2D eigenvalue weighted by molar-refractivity contribution is 6.00. The first kappa shape index (κ1) is 22.1. The fraction of sp³-hybridized carbons (Fsp3) is 0.417. The number of fused-ring (bicyclic) bond motifs is 1. The Kier molecular flexibility index (Phi) is 6.92. The van der Waals surface area contributed by atoms with Crippen molar-refractivity contribution < 1.29 is 23.8 Å². The molecule has 0 saturated carbocycles. The van der Waals surface area contributed by atoms with Gasteiger partial charge in [-0.2, -0.15) is 0 Å². The van der Waals surface area contributed by atoms with Crippen LogP contribution in [0, 0.1) is 6.92 Å². The summed E-state index contributed by atoms with van der Waals surface area (Å²) in [4.78, 5) is 29.1. The summed E-state index contributed by atoms with van der Waals surface area (Å²) in [7, 11) is 0. The van der Waals surface area contributed by atoms with Gasteiger partial charge in [-0.3, -0.25) is 14.5 Å². The molecule has 1 fully saturated rings. The van der Waals surface area contributed by atoms with Crippen molar-refractivity contribution in [2.75, 3.05) is 56.2 Å². The Bertz CT molecular complexity index is 957. The van der Waals surface area contributed by atoms with Crippen molar-refractivity contribution in [3.05, 3.63) is 48.0 Å². The lowest BCUT2D eigenvalue weighted by Gasteiger charge is -2.35. The Morgan fingerprint density at radius 1 is 1.12 bits per heavy atom. The first-order chi connectivity index (χ1) is 15.5. The van der Waals surface area contributed by atoms with Gasteiger partial charge in [0.15, 0.2) is 12.7 Å². The lowest BCUT2D eigenvalue weighted by atomic mass is 10.1. The molecule has 2 aliphatic heterocycles. The van der Waals surface area contributed by atoms with Crippen molar-refractivity contribution in [1.82, 2.24) is 4.90 Å². The molecule has 2 heterocycles. The summed E-state index contributed by atoms with van der Waals surface area (Å²) in [6, 6.07) is 12.9. The Morgan fingerprint density at radius 3 is 2.62 bits per heavy atom. The number of aryl methyl sites for hydroxylation is 1. The molecule has 1 saturated heterocycles. The van der Waals surface area contributed by atoms with E-state index in [2.05, 4.69) is 10.2 Å². The minimum Gasteiger partial charge on any atom is -0.484 e. The third-order valence-electron chi connectivity index (χ3n) is 5.59. The predicted octanol–water partition coefficient (Wildman–Crippen LogP) is 2.46. The van der Waals surface area contributed by atoms with Gasteiger partial charge in [-0.25, -0.2) is 0 Å². The average molecular weight is 440 g/mol. The van der Waals surface area contributed by atoms with Gasteiger partial charge in [0.2, 0.25) is 0 Å². The SMILES string of the molecule is Cc1ccc(OCC(=O)Nc2ccc3c(c2)OC(C)C(=O)N3CCN2CCOCC2)cc1. The lowest BCUT2D eigenvalue weighted by Crippen LogP contribution is -2.48. The number of anilines is 2. The standard InChI is InChI=1S/C24H29N3O5/c1-17-3-6-20(7-4-17)31-16-23(28)25-19-5-8-21-22(15-19)32-18(2)24(29)27(21)10-9-26-11-13-30-14-12-26/h3-8,15,18H,9-14,16H2,1-2H3,(H,25,28). The molecular formula is C24H29N3O5. The van der Waals surface area contributed by atoms with Crippen LogP contribution in [-0.4, -0.2) is 68.8 Å². The van der Waals surface area contributed by atoms with Gasteiger partial charge < -0.3 is 24.4 Å². The number of hydrogen-bond donors (Lipinski definition) is 1. The normalized spacial score (nSPS) is 18.6. The minimum absolute atomic E-state index is 0.0611. The Hall–Kier alpha value is -3.10. The summed E-state index contributed by atoms with van der Waals surface area (Å²) in [5, 5.41) is 2.83. The van der Waals surface area contributed by atoms with Gasteiger partial charge >= 0.3 is 0 Å². The summed E-state index contributed by atoms with van der Waals surface area (Å²) < 4.78 is 16.7. The van der Waals surface area contributed by atoms with E-state index in [1.165, 1.54) is 0 Å². The molecule has 0 aliphatic carbocycles. The number of amides is 2. The number of benzene rings is 2. The average Bonchev–Trinajstić information content (AvgIpc) is 2.80. The maximum atomic E-state index is 12.7. The molecule has 2 aromatic rings. The van der Waals surface area contributed by atoms with Crippen LogP contribution in [0.2, 0.25) is 0 Å². The number of nitrogens with zero attached hydrogens (tertiary/aromatic N) is 2. The maximum Gasteiger partial charge on any atom is 0.267 e. The number of morpholine rings is 1. The summed E-state index contributed by atoms with van der Waals surface area (Å²) in [6.07, 6.45) is -0.581. The third-order valence-corrected chi connectivity index (χ3v) is 5.59. The molecule has 4 rings (SSSR count). The molecule has 0 bridgehead atoms. The van der Waals surface area contributed by atoms with Crippen LogP contribution in [0.25, 0.3) is 0 Å². The number of carbonyl (C=O) groups is 2. The molecule has 2 aromatic carbocycles. The van der Waals surface area contributed by atoms with Gasteiger partial charge in [-0.05, 0) is 38.1 Å². The first-order valence-corrected chi connectivity index (χ1v) is 10.9. The maximum absolute atomic E-state index is 12.7. The predicted molar refractivity (Wildman–Crippen MR) is 121 cm³/mol. The van der Waals surface area contributed by atoms with Gasteiger partial charge in [0.05, 0.1) is 18.9 Å². The molecule has 8 nitrogen and oxygen atoms in total. The van der Waals surface area contributed by atoms with Crippen LogP contribution in [0.4, 0.5) is 11.4 Å². The molecule has 0 radical (unpaired) electrons. The highest BCUT2D eigenvalue weighted by Crippen LogP contribution is 2.36. The van der Waals surface area contributed by atoms with Crippen molar-refractivity contribution in [3.8, 4) is 11.5 Å². The zero-order valence-corrected chi connectivity index (χ0v) is 18.5. The van der Waals surface area contributed by atoms with Crippen molar-refractivity contribution in [2.45, 2.75) is 20.0 Å². The second-order valence-electron chi connectivity index (χ2n) is 8.04. The third kappa shape index (κ3) is 5.38. The van der Waals surface area contributed by atoms with Gasteiger partial charge in [0.25, 0.3) is 11.8 Å². The van der Waals surface area contributed by atoms with E-state index in [1.807, 2.05) is 37.3 Å². The number of hydrogen-bond acceptors (Lipinski definition) is 6. The Morgan fingerprint density at radius 2 is 1.88 bits per heavy atom. The van der Waals surface area contributed by atoms with Crippen molar-refractivity contribution in [2.24, 2.45) is 0 Å². The molecule has 2 aliphatic rings. The second-order valence-corrected chi connectivity index (χ2v) is 8.04. The van der Waals surface area contributed by atoms with E-state index in [9.17, 15) is 9.59 Å². The zero-order chi connectivity index (χ0) is 22.5. The van der Waals surface area contributed by atoms with Crippen LogP contribution < -0.4 is 19.7 Å². The Balaban J connectivity index is 1.38. The first-order valence-electron chi connectivity index (χ1n) is 10.9. The quantitative estimate of drug-likeness (QED) is 0.714. The van der Waals surface area contributed by atoms with E-state index in [-0.39, 0.29) is 18.4 Å². The van der Waals surface area contributed by atoms with Crippen molar-refractivity contribution in [1.29, 1.82) is 0 Å². The molecule has 8 heteroatoms. The van der Waals surface area contributed by atoms with Crippen LogP contribution in [0.1, 0.15) is 12.5 Å². The lowest BCUT2D eigenvalue weighted by molar-refractivity contribution is -0.125. The van der Waals surface area contributed by atoms with Crippen LogP contribution in [0.15, 0.2) is 42.5 Å². The van der Waals surface area contributed by atoms with Gasteiger partial charge in [-0.15, -0.1) is 0 Å². The van der Waals surface area contributed by atoms with Crippen LogP contribution in [0.3, 0.4) is 0 Å². The summed E-state index contributed by atoms with van der Waals surface area (Å²) in [6.45, 7) is 8.18. The molecule has 2 amide bonds. The molecule has 1 unspecified atom stereocenters. The van der Waals surface area contributed by atoms with E-state index in [4.69, 9.17) is 14.2 Å². The smallest absolute Gasteiger partial charge is 0.267 e. The van der Waals surface area contributed by atoms with Crippen LogP contribution >= 0.6 is 0 Å². The van der Waals surface area contributed by atoms with Crippen molar-refractivity contribution >= 4 is 23.2 Å². The summed E-state index contributed by atoms with van der Waals surface area (Å²) in [5.74, 6) is 0.891. The highest BCUT2D eigenvalue weighted by Gasteiger charge is 2.32. The summed E-state index contributed by atoms with van der Waals surface area (Å²) in [5.41, 5.74) is 2.44. The fourth-order valence-electron chi connectivity index (χ4n) is 3.77. The minimum atomic E-state index is -0.581. The van der Waals surface area contributed by atoms with Gasteiger partial charge in [0.1, 0.15) is 11.5 Å². The molecule has 0 spiro atoms. The van der Waals surface area contributed by atoms with Crippen molar-refractivity contribution in [3.63, 3.8) is 0 Å². The molecule has 170 valence electrons. The molecule has 32 heavy (non-hydrogen) atoms. The monoisotopic (exact) mass is 439 g/mol. The van der Waals surface area contributed by atoms with Crippen LogP contribution in [0.5, 0.6) is 11.5 Å². The second kappa shape index (κ2) is 10.0. The van der Waals surface area contributed by atoms with E-state index in [1.54, 1.807) is 24.0 Å². The number of nitrogens with one attached hydrogen (secondary N) is 1. The molecular weight excluding hydrogens is 410 g/mol. The summed E-state index contributed by atoms with van der Waals surface area (Å²) >= 11 is 0. The van der Waals surface area contributed by atoms with Gasteiger partial charge in [-0.1, -0.05) is 17.7 Å².